The number of benzene rings is 1. The molecule has 2 N–H and O–H groups in total. The van der Waals surface area contributed by atoms with E-state index in [4.69, 9.17) is 10.5 Å². The van der Waals surface area contributed by atoms with Crippen LogP contribution in [0.15, 0.2) is 29.2 Å². The largest absolute Gasteiger partial charge is 0.497 e. The summed E-state index contributed by atoms with van der Waals surface area (Å²) in [6, 6.07) is 5.50. The summed E-state index contributed by atoms with van der Waals surface area (Å²) in [6.07, 6.45) is -0.0547. The first-order chi connectivity index (χ1) is 9.26. The van der Waals surface area contributed by atoms with Crippen LogP contribution < -0.4 is 10.5 Å². The highest BCUT2D eigenvalue weighted by Crippen LogP contribution is 2.20. The van der Waals surface area contributed by atoms with Crippen LogP contribution >= 0.6 is 0 Å². The van der Waals surface area contributed by atoms with Gasteiger partial charge in [0, 0.05) is 12.1 Å². The molecule has 0 heterocycles. The summed E-state index contributed by atoms with van der Waals surface area (Å²) in [7, 11) is -2.72. The second-order valence-electron chi connectivity index (χ2n) is 4.63. The molecule has 0 bridgehead atoms. The minimum absolute atomic E-state index is 0.0547. The third kappa shape index (κ3) is 4.50. The fourth-order valence-electron chi connectivity index (χ4n) is 1.41. The van der Waals surface area contributed by atoms with Gasteiger partial charge in [0.05, 0.1) is 13.5 Å². The van der Waals surface area contributed by atoms with Crippen LogP contribution in [-0.2, 0) is 19.1 Å². The Hall–Kier alpha value is -1.60. The van der Waals surface area contributed by atoms with Crippen molar-refractivity contribution in [2.45, 2.75) is 31.2 Å². The van der Waals surface area contributed by atoms with Crippen LogP contribution in [-0.4, -0.2) is 27.5 Å². The molecule has 0 aliphatic rings. The Bertz CT molecular complexity index is 568. The molecule has 2 atom stereocenters. The molecule has 0 amide bonds. The standard InChI is InChI=1S/C13H19NO5S/c1-9(10(2)14)7-13(15)19-20(16,17)12-6-4-5-11(8-12)18-3/h4-6,8-10H,7,14H2,1-3H3. The lowest BCUT2D eigenvalue weighted by Crippen LogP contribution is -2.27. The van der Waals surface area contributed by atoms with Crippen LogP contribution in [0, 0.1) is 5.92 Å². The number of ether oxygens (including phenoxy) is 1. The number of carbonyl (C=O) groups excluding carboxylic acids is 1. The van der Waals surface area contributed by atoms with Gasteiger partial charge >= 0.3 is 16.1 Å². The Morgan fingerprint density at radius 3 is 2.55 bits per heavy atom. The average Bonchev–Trinajstić information content (AvgIpc) is 2.37. The molecule has 1 aromatic rings. The third-order valence-electron chi connectivity index (χ3n) is 2.92. The summed E-state index contributed by atoms with van der Waals surface area (Å²) >= 11 is 0. The van der Waals surface area contributed by atoms with E-state index in [1.807, 2.05) is 0 Å². The fourth-order valence-corrected chi connectivity index (χ4v) is 2.32. The van der Waals surface area contributed by atoms with Crippen molar-refractivity contribution in [3.8, 4) is 5.75 Å². The Morgan fingerprint density at radius 2 is 2.00 bits per heavy atom. The molecule has 0 fully saturated rings. The van der Waals surface area contributed by atoms with Crippen LogP contribution in [0.5, 0.6) is 5.75 Å². The second-order valence-corrected chi connectivity index (χ2v) is 6.18. The van der Waals surface area contributed by atoms with E-state index >= 15 is 0 Å². The van der Waals surface area contributed by atoms with Crippen LogP contribution in [0.2, 0.25) is 0 Å². The Balaban J connectivity index is 2.81. The summed E-state index contributed by atoms with van der Waals surface area (Å²) in [6.45, 7) is 3.50. The molecule has 0 saturated heterocycles. The SMILES string of the molecule is COc1cccc(S(=O)(=O)OC(=O)CC(C)C(C)N)c1. The molecule has 1 rings (SSSR count). The Morgan fingerprint density at radius 1 is 1.35 bits per heavy atom. The highest BCUT2D eigenvalue weighted by molar-refractivity contribution is 7.87. The number of methoxy groups -OCH3 is 1. The minimum atomic E-state index is -4.13. The normalized spacial score (nSPS) is 14.4. The molecule has 20 heavy (non-hydrogen) atoms. The number of rotatable bonds is 6. The topological polar surface area (TPSA) is 95.7 Å². The van der Waals surface area contributed by atoms with Crippen molar-refractivity contribution >= 4 is 16.1 Å². The fraction of sp³-hybridized carbons (Fsp3) is 0.462. The zero-order valence-corrected chi connectivity index (χ0v) is 12.5. The van der Waals surface area contributed by atoms with Crippen molar-refractivity contribution < 1.29 is 22.1 Å². The summed E-state index contributed by atoms with van der Waals surface area (Å²) in [5, 5.41) is 0. The van der Waals surface area contributed by atoms with E-state index in [0.717, 1.165) is 0 Å². The molecule has 0 saturated carbocycles. The molecule has 1 aromatic carbocycles. The van der Waals surface area contributed by atoms with Crippen LogP contribution in [0.1, 0.15) is 20.3 Å². The van der Waals surface area contributed by atoms with Gasteiger partial charge in [-0.1, -0.05) is 13.0 Å². The van der Waals surface area contributed by atoms with Crippen molar-refractivity contribution in [3.63, 3.8) is 0 Å². The predicted octanol–water partition coefficient (Wildman–Crippen LogP) is 1.30. The van der Waals surface area contributed by atoms with E-state index in [-0.39, 0.29) is 23.3 Å². The summed E-state index contributed by atoms with van der Waals surface area (Å²) in [4.78, 5) is 11.5. The first-order valence-corrected chi connectivity index (χ1v) is 7.54. The summed E-state index contributed by atoms with van der Waals surface area (Å²) in [5.41, 5.74) is 5.62. The second kappa shape index (κ2) is 6.71. The molecule has 0 spiro atoms. The lowest BCUT2D eigenvalue weighted by molar-refractivity contribution is -0.134. The Kier molecular flexibility index (Phi) is 5.52. The molecule has 7 heteroatoms. The van der Waals surface area contributed by atoms with Crippen molar-refractivity contribution in [3.05, 3.63) is 24.3 Å². The molecule has 0 radical (unpaired) electrons. The highest BCUT2D eigenvalue weighted by atomic mass is 32.2. The van der Waals surface area contributed by atoms with Crippen LogP contribution in [0.25, 0.3) is 0 Å². The number of hydrogen-bond donors (Lipinski definition) is 1. The minimum Gasteiger partial charge on any atom is -0.497 e. The zero-order valence-electron chi connectivity index (χ0n) is 11.7. The smallest absolute Gasteiger partial charge is 0.341 e. The third-order valence-corrected chi connectivity index (χ3v) is 4.16. The Labute approximate surface area is 119 Å². The van der Waals surface area contributed by atoms with E-state index in [2.05, 4.69) is 4.18 Å². The number of hydrogen-bond acceptors (Lipinski definition) is 6. The summed E-state index contributed by atoms with van der Waals surface area (Å²) < 4.78 is 33.4. The predicted molar refractivity (Wildman–Crippen MR) is 73.7 cm³/mol. The van der Waals surface area contributed by atoms with Gasteiger partial charge in [-0.2, -0.15) is 8.42 Å². The molecule has 0 aliphatic carbocycles. The van der Waals surface area contributed by atoms with Crippen molar-refractivity contribution in [1.82, 2.24) is 0 Å². The van der Waals surface area contributed by atoms with Gasteiger partial charge in [-0.3, -0.25) is 4.79 Å². The highest BCUT2D eigenvalue weighted by Gasteiger charge is 2.23. The van der Waals surface area contributed by atoms with Crippen LogP contribution in [0.3, 0.4) is 0 Å². The maximum Gasteiger partial charge on any atom is 0.341 e. The maximum atomic E-state index is 11.9. The van der Waals surface area contributed by atoms with Crippen molar-refractivity contribution in [2.75, 3.05) is 7.11 Å². The van der Waals surface area contributed by atoms with E-state index in [0.29, 0.717) is 5.75 Å². The number of carbonyl (C=O) groups is 1. The zero-order chi connectivity index (χ0) is 15.3. The van der Waals surface area contributed by atoms with E-state index in [9.17, 15) is 13.2 Å². The van der Waals surface area contributed by atoms with Crippen LogP contribution in [0.4, 0.5) is 0 Å². The lowest BCUT2D eigenvalue weighted by atomic mass is 10.0. The van der Waals surface area contributed by atoms with Gasteiger partial charge in [-0.15, -0.1) is 0 Å². The van der Waals surface area contributed by atoms with E-state index in [1.165, 1.54) is 25.3 Å². The van der Waals surface area contributed by atoms with Gasteiger partial charge in [0.25, 0.3) is 0 Å². The van der Waals surface area contributed by atoms with Gasteiger partial charge < -0.3 is 14.7 Å². The monoisotopic (exact) mass is 301 g/mol. The van der Waals surface area contributed by atoms with Gasteiger partial charge in [0.2, 0.25) is 0 Å². The maximum absolute atomic E-state index is 11.9. The lowest BCUT2D eigenvalue weighted by Gasteiger charge is -2.14. The first kappa shape index (κ1) is 16.5. The van der Waals surface area contributed by atoms with E-state index in [1.54, 1.807) is 19.9 Å². The average molecular weight is 301 g/mol. The van der Waals surface area contributed by atoms with Crippen molar-refractivity contribution in [2.24, 2.45) is 11.7 Å². The quantitative estimate of drug-likeness (QED) is 0.796. The molecule has 6 nitrogen and oxygen atoms in total. The molecular weight excluding hydrogens is 282 g/mol. The summed E-state index contributed by atoms with van der Waals surface area (Å²) in [5.74, 6) is -0.619. The van der Waals surface area contributed by atoms with E-state index < -0.39 is 16.1 Å². The van der Waals surface area contributed by atoms with Crippen molar-refractivity contribution in [1.29, 1.82) is 0 Å². The molecule has 2 unspecified atom stereocenters. The first-order valence-electron chi connectivity index (χ1n) is 6.13. The van der Waals surface area contributed by atoms with Gasteiger partial charge in [0.15, 0.2) is 0 Å². The molecule has 0 aromatic heterocycles. The number of nitrogens with two attached hydrogens (primary N) is 1. The molecule has 112 valence electrons. The van der Waals surface area contributed by atoms with Gasteiger partial charge in [0.1, 0.15) is 10.6 Å². The molecular formula is C13H19NO5S. The van der Waals surface area contributed by atoms with Gasteiger partial charge in [-0.05, 0) is 25.0 Å². The van der Waals surface area contributed by atoms with Gasteiger partial charge in [-0.25, -0.2) is 0 Å². The molecule has 0 aliphatic heterocycles.